The van der Waals surface area contributed by atoms with Crippen molar-refractivity contribution >= 4 is 51.6 Å². The highest BCUT2D eigenvalue weighted by Crippen LogP contribution is 2.05. The lowest BCUT2D eigenvalue weighted by atomic mass is 10.8. The Bertz CT molecular complexity index is 62.6. The van der Waals surface area contributed by atoms with Crippen molar-refractivity contribution in [3.8, 4) is 0 Å². The van der Waals surface area contributed by atoms with Gasteiger partial charge in [0.25, 0.3) is 0 Å². The Hall–Kier alpha value is 0.930. The van der Waals surface area contributed by atoms with Crippen molar-refractivity contribution in [2.24, 2.45) is 0 Å². The molecule has 0 aromatic carbocycles. The molecule has 0 spiro atoms. The number of nitrogens with zero attached hydrogens (tertiary/aromatic N) is 1. The van der Waals surface area contributed by atoms with Gasteiger partial charge in [0, 0.05) is 6.92 Å². The maximum Gasteiger partial charge on any atom is 0.237 e. The third kappa shape index (κ3) is 3.13. The first-order chi connectivity index (χ1) is 2.64. The smallest absolute Gasteiger partial charge is 0.237 e. The predicted molar refractivity (Wildman–Crippen MR) is 40.6 cm³/mol. The molecule has 36 valence electrons. The number of carbonyl (C=O) groups is 1. The lowest BCUT2D eigenvalue weighted by Crippen LogP contribution is -2.01. The maximum atomic E-state index is 10.1. The predicted octanol–water partition coefficient (Wildman–Crippen LogP) is 1.53. The molecule has 0 aromatic heterocycles. The standard InChI is InChI=1S/C2H3I2NO/c1-2(6)5(3)4/h1H3. The van der Waals surface area contributed by atoms with Crippen LogP contribution in [0.25, 0.3) is 0 Å². The van der Waals surface area contributed by atoms with Crippen LogP contribution in [0.5, 0.6) is 0 Å². The third-order valence-corrected chi connectivity index (χ3v) is 1.60. The Kier molecular flexibility index (Phi) is 3.47. The molecule has 0 saturated heterocycles. The van der Waals surface area contributed by atoms with Gasteiger partial charge in [-0.2, -0.15) is 0 Å². The van der Waals surface area contributed by atoms with Crippen LogP contribution in [0.1, 0.15) is 6.92 Å². The van der Waals surface area contributed by atoms with E-state index in [-0.39, 0.29) is 5.91 Å². The summed E-state index contributed by atoms with van der Waals surface area (Å²) in [5.41, 5.74) is 0. The number of hydrogen-bond donors (Lipinski definition) is 0. The summed E-state index contributed by atoms with van der Waals surface area (Å²) in [4.78, 5) is 10.1. The normalized spacial score (nSPS) is 7.83. The van der Waals surface area contributed by atoms with Gasteiger partial charge in [-0.25, -0.2) is 1.33 Å². The molecular weight excluding hydrogens is 308 g/mol. The number of hydrogen-bond acceptors (Lipinski definition) is 1. The summed E-state index contributed by atoms with van der Waals surface area (Å²) in [6.45, 7) is 1.51. The van der Waals surface area contributed by atoms with Crippen LogP contribution in [0.3, 0.4) is 0 Å². The van der Waals surface area contributed by atoms with Gasteiger partial charge in [0.05, 0.1) is 45.7 Å². The summed E-state index contributed by atoms with van der Waals surface area (Å²) in [6, 6.07) is 0. The van der Waals surface area contributed by atoms with E-state index < -0.39 is 0 Å². The van der Waals surface area contributed by atoms with E-state index >= 15 is 0 Å². The molecule has 0 aliphatic rings. The number of amides is 1. The third-order valence-electron chi connectivity index (χ3n) is 0.238. The quantitative estimate of drug-likeness (QED) is 0.491. The summed E-state index contributed by atoms with van der Waals surface area (Å²) in [6.07, 6.45) is 0. The molecule has 0 bridgehead atoms. The van der Waals surface area contributed by atoms with Crippen LogP contribution in [0.4, 0.5) is 0 Å². The summed E-state index contributed by atoms with van der Waals surface area (Å²) < 4.78 is 1.47. The van der Waals surface area contributed by atoms with Crippen molar-refractivity contribution in [1.29, 1.82) is 0 Å². The van der Waals surface area contributed by atoms with Gasteiger partial charge >= 0.3 is 0 Å². The minimum atomic E-state index is 0.0659. The molecule has 0 N–H and O–H groups in total. The van der Waals surface area contributed by atoms with Crippen molar-refractivity contribution < 1.29 is 4.79 Å². The summed E-state index contributed by atoms with van der Waals surface area (Å²) in [7, 11) is 0. The molecule has 4 heteroatoms. The van der Waals surface area contributed by atoms with E-state index in [2.05, 4.69) is 0 Å². The Balaban J connectivity index is 3.26. The monoisotopic (exact) mass is 311 g/mol. The minimum Gasteiger partial charge on any atom is -0.274 e. The van der Waals surface area contributed by atoms with Gasteiger partial charge in [-0.05, 0) is 0 Å². The first-order valence-electron chi connectivity index (χ1n) is 1.27. The fraction of sp³-hybridized carbons (Fsp3) is 0.500. The lowest BCUT2D eigenvalue weighted by Gasteiger charge is -1.94. The van der Waals surface area contributed by atoms with Gasteiger partial charge < -0.3 is 0 Å². The van der Waals surface area contributed by atoms with E-state index in [0.29, 0.717) is 0 Å². The Labute approximate surface area is 64.3 Å². The molecule has 0 radical (unpaired) electrons. The molecule has 0 aliphatic carbocycles. The number of carbonyl (C=O) groups excluding carboxylic acids is 1. The molecule has 0 aromatic rings. The molecule has 0 aliphatic heterocycles. The molecule has 2 nitrogen and oxygen atoms in total. The molecule has 0 atom stereocenters. The zero-order valence-corrected chi connectivity index (χ0v) is 7.43. The van der Waals surface area contributed by atoms with E-state index in [1.807, 2.05) is 45.7 Å². The van der Waals surface area contributed by atoms with Crippen LogP contribution < -0.4 is 0 Å². The molecule has 6 heavy (non-hydrogen) atoms. The molecular formula is C2H3I2NO. The Morgan fingerprint density at radius 3 is 1.83 bits per heavy atom. The Morgan fingerprint density at radius 1 is 1.67 bits per heavy atom. The summed E-state index contributed by atoms with van der Waals surface area (Å²) >= 11 is 3.81. The van der Waals surface area contributed by atoms with Crippen LogP contribution >= 0.6 is 45.7 Å². The maximum absolute atomic E-state index is 10.1. The van der Waals surface area contributed by atoms with E-state index in [9.17, 15) is 4.79 Å². The van der Waals surface area contributed by atoms with Crippen molar-refractivity contribution in [2.45, 2.75) is 6.92 Å². The van der Waals surface area contributed by atoms with Crippen LogP contribution in [-0.4, -0.2) is 7.23 Å². The van der Waals surface area contributed by atoms with Gasteiger partial charge in [0.15, 0.2) is 0 Å². The lowest BCUT2D eigenvalue weighted by molar-refractivity contribution is -0.119. The van der Waals surface area contributed by atoms with Gasteiger partial charge in [0.1, 0.15) is 0 Å². The van der Waals surface area contributed by atoms with Crippen molar-refractivity contribution in [3.05, 3.63) is 0 Å². The number of rotatable bonds is 0. The largest absolute Gasteiger partial charge is 0.274 e. The SMILES string of the molecule is CC(=O)N(I)I. The van der Waals surface area contributed by atoms with E-state index in [4.69, 9.17) is 0 Å². The van der Waals surface area contributed by atoms with Gasteiger partial charge in [-0.1, -0.05) is 0 Å². The van der Waals surface area contributed by atoms with Crippen molar-refractivity contribution in [2.75, 3.05) is 0 Å². The average Bonchev–Trinajstić information content (AvgIpc) is 1.36. The number of halogens is 2. The molecule has 0 rings (SSSR count). The van der Waals surface area contributed by atoms with Crippen LogP contribution in [0, 0.1) is 0 Å². The molecule has 0 heterocycles. The fourth-order valence-corrected chi connectivity index (χ4v) is 0. The molecule has 1 amide bonds. The van der Waals surface area contributed by atoms with E-state index in [1.165, 1.54) is 8.25 Å². The van der Waals surface area contributed by atoms with E-state index in [0.717, 1.165) is 0 Å². The van der Waals surface area contributed by atoms with E-state index in [1.54, 1.807) is 0 Å². The zero-order chi connectivity index (χ0) is 5.15. The first-order valence-corrected chi connectivity index (χ1v) is 3.20. The zero-order valence-electron chi connectivity index (χ0n) is 3.11. The second kappa shape index (κ2) is 3.00. The minimum absolute atomic E-state index is 0.0659. The highest BCUT2D eigenvalue weighted by molar-refractivity contribution is 14.2. The fourth-order valence-electron chi connectivity index (χ4n) is 0. The van der Waals surface area contributed by atoms with Crippen LogP contribution in [-0.2, 0) is 4.79 Å². The topological polar surface area (TPSA) is 20.3 Å². The highest BCUT2D eigenvalue weighted by Gasteiger charge is 1.93. The molecule has 0 unspecified atom stereocenters. The Morgan fingerprint density at radius 2 is 1.83 bits per heavy atom. The van der Waals surface area contributed by atoms with Crippen LogP contribution in [0.2, 0.25) is 0 Å². The van der Waals surface area contributed by atoms with Gasteiger partial charge in [-0.3, -0.25) is 4.79 Å². The second-order valence-corrected chi connectivity index (χ2v) is 4.53. The highest BCUT2D eigenvalue weighted by atomic mass is 127. The first kappa shape index (κ1) is 6.93. The van der Waals surface area contributed by atoms with Crippen molar-refractivity contribution in [1.82, 2.24) is 1.33 Å². The average molecular weight is 311 g/mol. The van der Waals surface area contributed by atoms with Crippen molar-refractivity contribution in [3.63, 3.8) is 0 Å². The second-order valence-electron chi connectivity index (χ2n) is 0.752. The summed E-state index contributed by atoms with van der Waals surface area (Å²) in [5, 5.41) is 0. The van der Waals surface area contributed by atoms with Crippen LogP contribution in [0.15, 0.2) is 0 Å². The molecule has 0 fully saturated rings. The molecule has 0 saturated carbocycles. The summed E-state index contributed by atoms with van der Waals surface area (Å²) in [5.74, 6) is 0.0659. The van der Waals surface area contributed by atoms with Gasteiger partial charge in [-0.15, -0.1) is 0 Å². The van der Waals surface area contributed by atoms with Gasteiger partial charge in [0.2, 0.25) is 5.91 Å².